The van der Waals surface area contributed by atoms with Crippen LogP contribution in [0, 0.1) is 11.3 Å². The Labute approximate surface area is 116 Å². The van der Waals surface area contributed by atoms with Gasteiger partial charge in [0.15, 0.2) is 0 Å². The van der Waals surface area contributed by atoms with Crippen molar-refractivity contribution < 1.29 is 5.11 Å². The van der Waals surface area contributed by atoms with Crippen molar-refractivity contribution in [3.05, 3.63) is 12.2 Å². The summed E-state index contributed by atoms with van der Waals surface area (Å²) in [7, 11) is 2.03. The van der Waals surface area contributed by atoms with Gasteiger partial charge < -0.3 is 5.11 Å². The van der Waals surface area contributed by atoms with Crippen molar-refractivity contribution in [3.8, 4) is 0 Å². The number of rotatable bonds is 6. The third kappa shape index (κ3) is 4.58. The second-order valence-corrected chi connectivity index (χ2v) is 6.73. The molecule has 0 aromatic carbocycles. The quantitative estimate of drug-likeness (QED) is 0.854. The summed E-state index contributed by atoms with van der Waals surface area (Å²) in [6, 6.07) is 0.108. The van der Waals surface area contributed by atoms with Gasteiger partial charge in [0.2, 0.25) is 0 Å². The summed E-state index contributed by atoms with van der Waals surface area (Å²) in [5.41, 5.74) is 0.0341. The molecule has 1 aromatic rings. The molecular weight excluding hydrogens is 240 g/mol. The SMILES string of the molecule is CC(C)Cn1ncnc1CN(C)C(CO)C(C)(C)C. The molecule has 19 heavy (non-hydrogen) atoms. The van der Waals surface area contributed by atoms with Gasteiger partial charge in [0.05, 0.1) is 13.2 Å². The molecular formula is C14H28N4O. The molecule has 1 N–H and O–H groups in total. The number of nitrogens with zero attached hydrogens (tertiary/aromatic N) is 4. The highest BCUT2D eigenvalue weighted by Crippen LogP contribution is 2.24. The van der Waals surface area contributed by atoms with Crippen molar-refractivity contribution in [1.29, 1.82) is 0 Å². The molecule has 0 amide bonds. The number of hydrogen-bond donors (Lipinski definition) is 1. The minimum Gasteiger partial charge on any atom is -0.395 e. The fourth-order valence-electron chi connectivity index (χ4n) is 2.32. The minimum atomic E-state index is 0.0341. The van der Waals surface area contributed by atoms with Crippen LogP contribution in [0.2, 0.25) is 0 Å². The van der Waals surface area contributed by atoms with Crippen LogP contribution in [0.4, 0.5) is 0 Å². The van der Waals surface area contributed by atoms with E-state index in [9.17, 15) is 5.11 Å². The standard InChI is InChI=1S/C14H28N4O/c1-11(2)7-18-13(15-10-16-18)8-17(6)12(9-19)14(3,4)5/h10-12,19H,7-9H2,1-6H3. The van der Waals surface area contributed by atoms with E-state index in [1.54, 1.807) is 6.33 Å². The van der Waals surface area contributed by atoms with Gasteiger partial charge in [0.25, 0.3) is 0 Å². The van der Waals surface area contributed by atoms with E-state index < -0.39 is 0 Å². The Hall–Kier alpha value is -0.940. The first-order chi connectivity index (χ1) is 8.75. The van der Waals surface area contributed by atoms with Crippen molar-refractivity contribution in [2.75, 3.05) is 13.7 Å². The molecule has 0 saturated heterocycles. The lowest BCUT2D eigenvalue weighted by Gasteiger charge is -2.36. The fraction of sp³-hybridized carbons (Fsp3) is 0.857. The average molecular weight is 268 g/mol. The van der Waals surface area contributed by atoms with Crippen molar-refractivity contribution in [1.82, 2.24) is 19.7 Å². The van der Waals surface area contributed by atoms with Crippen molar-refractivity contribution in [2.24, 2.45) is 11.3 Å². The maximum Gasteiger partial charge on any atom is 0.141 e. The van der Waals surface area contributed by atoms with E-state index in [1.165, 1.54) is 0 Å². The van der Waals surface area contributed by atoms with E-state index in [2.05, 4.69) is 49.6 Å². The van der Waals surface area contributed by atoms with E-state index in [4.69, 9.17) is 0 Å². The van der Waals surface area contributed by atoms with Gasteiger partial charge in [-0.1, -0.05) is 34.6 Å². The third-order valence-electron chi connectivity index (χ3n) is 3.33. The Balaban J connectivity index is 2.76. The van der Waals surface area contributed by atoms with Gasteiger partial charge in [-0.2, -0.15) is 5.10 Å². The molecule has 1 unspecified atom stereocenters. The molecule has 5 heteroatoms. The molecule has 0 aliphatic rings. The number of aromatic nitrogens is 3. The monoisotopic (exact) mass is 268 g/mol. The highest BCUT2D eigenvalue weighted by molar-refractivity contribution is 4.89. The van der Waals surface area contributed by atoms with Crippen LogP contribution in [0.3, 0.4) is 0 Å². The Morgan fingerprint density at radius 2 is 2.00 bits per heavy atom. The highest BCUT2D eigenvalue weighted by atomic mass is 16.3. The molecule has 1 heterocycles. The molecule has 1 atom stereocenters. The zero-order valence-corrected chi connectivity index (χ0v) is 13.1. The summed E-state index contributed by atoms with van der Waals surface area (Å²) in [5.74, 6) is 1.50. The van der Waals surface area contributed by atoms with Crippen LogP contribution in [-0.2, 0) is 13.1 Å². The van der Waals surface area contributed by atoms with Gasteiger partial charge in [0.1, 0.15) is 12.2 Å². The molecule has 1 rings (SSSR count). The lowest BCUT2D eigenvalue weighted by molar-refractivity contribution is 0.0587. The van der Waals surface area contributed by atoms with E-state index in [1.807, 2.05) is 11.7 Å². The van der Waals surface area contributed by atoms with Gasteiger partial charge in [-0.05, 0) is 18.4 Å². The molecule has 110 valence electrons. The van der Waals surface area contributed by atoms with Crippen LogP contribution in [-0.4, -0.2) is 44.5 Å². The summed E-state index contributed by atoms with van der Waals surface area (Å²) in [6.07, 6.45) is 1.61. The third-order valence-corrected chi connectivity index (χ3v) is 3.33. The Bertz CT molecular complexity index is 381. The Kier molecular flexibility index (Phi) is 5.50. The highest BCUT2D eigenvalue weighted by Gasteiger charge is 2.28. The van der Waals surface area contributed by atoms with Gasteiger partial charge in [-0.25, -0.2) is 9.67 Å². The van der Waals surface area contributed by atoms with Crippen molar-refractivity contribution >= 4 is 0 Å². The first kappa shape index (κ1) is 16.1. The van der Waals surface area contributed by atoms with Crippen molar-refractivity contribution in [2.45, 2.75) is 53.8 Å². The molecule has 5 nitrogen and oxygen atoms in total. The van der Waals surface area contributed by atoms with Crippen LogP contribution in [0.15, 0.2) is 6.33 Å². The summed E-state index contributed by atoms with van der Waals surface area (Å²) < 4.78 is 1.96. The van der Waals surface area contributed by atoms with Gasteiger partial charge in [0, 0.05) is 12.6 Å². The summed E-state index contributed by atoms with van der Waals surface area (Å²) in [6.45, 7) is 12.5. The van der Waals surface area contributed by atoms with E-state index in [-0.39, 0.29) is 18.1 Å². The lowest BCUT2D eigenvalue weighted by Crippen LogP contribution is -2.44. The van der Waals surface area contributed by atoms with Crippen LogP contribution >= 0.6 is 0 Å². The first-order valence-corrected chi connectivity index (χ1v) is 6.93. The molecule has 0 fully saturated rings. The molecule has 0 saturated carbocycles. The molecule has 0 bridgehead atoms. The molecule has 0 radical (unpaired) electrons. The Morgan fingerprint density at radius 1 is 1.37 bits per heavy atom. The second-order valence-electron chi connectivity index (χ2n) is 6.73. The Morgan fingerprint density at radius 3 is 2.47 bits per heavy atom. The molecule has 0 spiro atoms. The van der Waals surface area contributed by atoms with Crippen LogP contribution in [0.25, 0.3) is 0 Å². The fourth-order valence-corrected chi connectivity index (χ4v) is 2.32. The van der Waals surface area contributed by atoms with Crippen LogP contribution in [0.5, 0.6) is 0 Å². The van der Waals surface area contributed by atoms with Gasteiger partial charge >= 0.3 is 0 Å². The topological polar surface area (TPSA) is 54.2 Å². The average Bonchev–Trinajstić information content (AvgIpc) is 2.63. The lowest BCUT2D eigenvalue weighted by atomic mass is 9.86. The number of likely N-dealkylation sites (N-methyl/N-ethyl adjacent to an activating group) is 1. The van der Waals surface area contributed by atoms with Gasteiger partial charge in [-0.3, -0.25) is 4.90 Å². The molecule has 0 aliphatic carbocycles. The summed E-state index contributed by atoms with van der Waals surface area (Å²) >= 11 is 0. The van der Waals surface area contributed by atoms with Crippen molar-refractivity contribution in [3.63, 3.8) is 0 Å². The number of aliphatic hydroxyl groups is 1. The zero-order valence-electron chi connectivity index (χ0n) is 13.1. The predicted molar refractivity (Wildman–Crippen MR) is 76.7 cm³/mol. The van der Waals surface area contributed by atoms with Gasteiger partial charge in [-0.15, -0.1) is 0 Å². The maximum atomic E-state index is 9.59. The molecule has 1 aromatic heterocycles. The van der Waals surface area contributed by atoms with E-state index in [0.717, 1.165) is 12.4 Å². The summed E-state index contributed by atoms with van der Waals surface area (Å²) in [5, 5.41) is 13.9. The normalized spacial score (nSPS) is 14.4. The second kappa shape index (κ2) is 6.48. The molecule has 0 aliphatic heterocycles. The maximum absolute atomic E-state index is 9.59. The largest absolute Gasteiger partial charge is 0.395 e. The smallest absolute Gasteiger partial charge is 0.141 e. The number of hydrogen-bond acceptors (Lipinski definition) is 4. The van der Waals surface area contributed by atoms with E-state index >= 15 is 0 Å². The minimum absolute atomic E-state index is 0.0341. The van der Waals surface area contributed by atoms with Crippen LogP contribution < -0.4 is 0 Å². The first-order valence-electron chi connectivity index (χ1n) is 6.93. The summed E-state index contributed by atoms with van der Waals surface area (Å²) in [4.78, 5) is 6.49. The zero-order chi connectivity index (χ0) is 14.6. The van der Waals surface area contributed by atoms with Crippen LogP contribution in [0.1, 0.15) is 40.4 Å². The van der Waals surface area contributed by atoms with E-state index in [0.29, 0.717) is 12.5 Å². The number of aliphatic hydroxyl groups excluding tert-OH is 1. The predicted octanol–water partition coefficient (Wildman–Crippen LogP) is 1.77.